The average molecular weight is 350 g/mol. The molecule has 0 aromatic carbocycles. The second-order valence-electron chi connectivity index (χ2n) is 8.94. The molecule has 0 radical (unpaired) electrons. The Morgan fingerprint density at radius 1 is 0.560 bits per heavy atom. The maximum absolute atomic E-state index is 2.82. The smallest absolute Gasteiger partial charge is 0.0110 e. The normalized spacial score (nSPS) is 24.8. The highest BCUT2D eigenvalue weighted by molar-refractivity contribution is 4.73. The Morgan fingerprint density at radius 2 is 1.04 bits per heavy atom. The van der Waals surface area contributed by atoms with E-state index in [1.807, 2.05) is 0 Å². The molecule has 2 aliphatic heterocycles. The van der Waals surface area contributed by atoms with Gasteiger partial charge in [-0.2, -0.15) is 0 Å². The minimum absolute atomic E-state index is 1.03. The lowest BCUT2D eigenvalue weighted by Crippen LogP contribution is -2.42. The first kappa shape index (κ1) is 19.6. The van der Waals surface area contributed by atoms with E-state index in [9.17, 15) is 0 Å². The lowest BCUT2D eigenvalue weighted by molar-refractivity contribution is 0.146. The van der Waals surface area contributed by atoms with Crippen LogP contribution in [0.5, 0.6) is 0 Å². The summed E-state index contributed by atoms with van der Waals surface area (Å²) in [6, 6.07) is 0. The third-order valence-electron chi connectivity index (χ3n) is 6.94. The third-order valence-corrected chi connectivity index (χ3v) is 6.94. The Morgan fingerprint density at radius 3 is 1.56 bits per heavy atom. The van der Waals surface area contributed by atoms with Gasteiger partial charge in [-0.3, -0.25) is 0 Å². The quantitative estimate of drug-likeness (QED) is 0.617. The van der Waals surface area contributed by atoms with Gasteiger partial charge in [0.1, 0.15) is 0 Å². The topological polar surface area (TPSA) is 9.72 Å². The molecule has 3 nitrogen and oxygen atoms in total. The summed E-state index contributed by atoms with van der Waals surface area (Å²) in [6.45, 7) is 12.0. The molecule has 0 aromatic heterocycles. The number of likely N-dealkylation sites (tertiary alicyclic amines) is 2. The summed E-state index contributed by atoms with van der Waals surface area (Å²) in [6.07, 6.45) is 17.6. The summed E-state index contributed by atoms with van der Waals surface area (Å²) in [7, 11) is 0. The minimum Gasteiger partial charge on any atom is -0.302 e. The van der Waals surface area contributed by atoms with Crippen LogP contribution in [0.3, 0.4) is 0 Å². The monoisotopic (exact) mass is 349 g/mol. The van der Waals surface area contributed by atoms with Crippen molar-refractivity contribution in [2.45, 2.75) is 77.0 Å². The maximum Gasteiger partial charge on any atom is 0.0110 e. The standard InChI is InChI=1S/C22H43N3/c1-4-10-22(11-5-1)12-17-25(20-18-23-13-6-2-7-14-23)21-19-24-15-8-3-9-16-24/h22H,1-21H2. The molecule has 0 atom stereocenters. The Balaban J connectivity index is 1.39. The van der Waals surface area contributed by atoms with Gasteiger partial charge in [0.15, 0.2) is 0 Å². The van der Waals surface area contributed by atoms with E-state index >= 15 is 0 Å². The zero-order valence-corrected chi connectivity index (χ0v) is 16.8. The molecule has 0 aromatic rings. The van der Waals surface area contributed by atoms with Crippen molar-refractivity contribution in [3.05, 3.63) is 0 Å². The lowest BCUT2D eigenvalue weighted by Gasteiger charge is -2.33. The van der Waals surface area contributed by atoms with Gasteiger partial charge < -0.3 is 14.7 Å². The van der Waals surface area contributed by atoms with E-state index in [2.05, 4.69) is 14.7 Å². The highest BCUT2D eigenvalue weighted by Crippen LogP contribution is 2.26. The molecule has 0 amide bonds. The number of piperidine rings is 2. The van der Waals surface area contributed by atoms with Crippen LogP contribution in [0.15, 0.2) is 0 Å². The van der Waals surface area contributed by atoms with Gasteiger partial charge in [0.05, 0.1) is 0 Å². The van der Waals surface area contributed by atoms with E-state index in [-0.39, 0.29) is 0 Å². The van der Waals surface area contributed by atoms with E-state index in [0.717, 1.165) is 5.92 Å². The summed E-state index contributed by atoms with van der Waals surface area (Å²) in [5, 5.41) is 0. The first-order valence-corrected chi connectivity index (χ1v) is 11.6. The van der Waals surface area contributed by atoms with Crippen LogP contribution in [0.25, 0.3) is 0 Å². The summed E-state index contributed by atoms with van der Waals surface area (Å²) >= 11 is 0. The van der Waals surface area contributed by atoms with Gasteiger partial charge >= 0.3 is 0 Å². The zero-order chi connectivity index (χ0) is 17.2. The molecule has 2 heterocycles. The van der Waals surface area contributed by atoms with E-state index in [1.165, 1.54) is 136 Å². The van der Waals surface area contributed by atoms with Crippen molar-refractivity contribution in [1.29, 1.82) is 0 Å². The van der Waals surface area contributed by atoms with Crippen molar-refractivity contribution in [2.75, 3.05) is 58.9 Å². The number of rotatable bonds is 9. The molecule has 3 fully saturated rings. The van der Waals surface area contributed by atoms with Crippen LogP contribution in [0.4, 0.5) is 0 Å². The van der Waals surface area contributed by atoms with Crippen LogP contribution < -0.4 is 0 Å². The van der Waals surface area contributed by atoms with Gasteiger partial charge in [-0.05, 0) is 70.7 Å². The highest BCUT2D eigenvalue weighted by Gasteiger charge is 2.18. The molecule has 0 N–H and O–H groups in total. The van der Waals surface area contributed by atoms with Crippen molar-refractivity contribution in [1.82, 2.24) is 14.7 Å². The van der Waals surface area contributed by atoms with Gasteiger partial charge in [0, 0.05) is 26.2 Å². The van der Waals surface area contributed by atoms with Crippen molar-refractivity contribution < 1.29 is 0 Å². The maximum atomic E-state index is 2.82. The zero-order valence-electron chi connectivity index (χ0n) is 16.8. The van der Waals surface area contributed by atoms with Crippen molar-refractivity contribution in [2.24, 2.45) is 5.92 Å². The van der Waals surface area contributed by atoms with Gasteiger partial charge in [0.2, 0.25) is 0 Å². The summed E-state index contributed by atoms with van der Waals surface area (Å²) in [4.78, 5) is 8.26. The molecule has 25 heavy (non-hydrogen) atoms. The Kier molecular flexibility index (Phi) is 9.08. The van der Waals surface area contributed by atoms with Crippen molar-refractivity contribution >= 4 is 0 Å². The molecule has 0 spiro atoms. The molecule has 1 aliphatic carbocycles. The number of hydrogen-bond acceptors (Lipinski definition) is 3. The SMILES string of the molecule is C1CCC(CCN(CCN2CCCCC2)CCN2CCCCC2)CC1. The van der Waals surface area contributed by atoms with E-state index in [1.54, 1.807) is 0 Å². The average Bonchev–Trinajstić information content (AvgIpc) is 2.70. The van der Waals surface area contributed by atoms with Crippen LogP contribution in [0, 0.1) is 5.92 Å². The first-order chi connectivity index (χ1) is 12.4. The largest absolute Gasteiger partial charge is 0.302 e. The fourth-order valence-corrected chi connectivity index (χ4v) is 5.11. The van der Waals surface area contributed by atoms with E-state index in [4.69, 9.17) is 0 Å². The van der Waals surface area contributed by atoms with Crippen LogP contribution in [-0.2, 0) is 0 Å². The number of hydrogen-bond donors (Lipinski definition) is 0. The predicted octanol–water partition coefficient (Wildman–Crippen LogP) is 4.23. The van der Waals surface area contributed by atoms with Gasteiger partial charge in [0.25, 0.3) is 0 Å². The number of nitrogens with zero attached hydrogens (tertiary/aromatic N) is 3. The van der Waals surface area contributed by atoms with Crippen LogP contribution in [0.1, 0.15) is 77.0 Å². The summed E-state index contributed by atoms with van der Waals surface area (Å²) < 4.78 is 0. The van der Waals surface area contributed by atoms with Gasteiger partial charge in [-0.1, -0.05) is 44.9 Å². The van der Waals surface area contributed by atoms with E-state index in [0.29, 0.717) is 0 Å². The first-order valence-electron chi connectivity index (χ1n) is 11.6. The fraction of sp³-hybridized carbons (Fsp3) is 1.00. The second-order valence-corrected chi connectivity index (χ2v) is 8.94. The summed E-state index contributed by atoms with van der Waals surface area (Å²) in [5.74, 6) is 1.03. The Labute approximate surface area is 157 Å². The second kappa shape index (κ2) is 11.6. The van der Waals surface area contributed by atoms with Crippen LogP contribution in [0.2, 0.25) is 0 Å². The van der Waals surface area contributed by atoms with Gasteiger partial charge in [-0.15, -0.1) is 0 Å². The Hall–Kier alpha value is -0.120. The molecule has 0 unspecified atom stereocenters. The molecule has 2 saturated heterocycles. The van der Waals surface area contributed by atoms with Gasteiger partial charge in [-0.25, -0.2) is 0 Å². The predicted molar refractivity (Wildman–Crippen MR) is 108 cm³/mol. The minimum atomic E-state index is 1.03. The van der Waals surface area contributed by atoms with Crippen molar-refractivity contribution in [3.63, 3.8) is 0 Å². The highest BCUT2D eigenvalue weighted by atomic mass is 15.2. The van der Waals surface area contributed by atoms with Crippen molar-refractivity contribution in [3.8, 4) is 0 Å². The molecule has 146 valence electrons. The molecule has 3 heteroatoms. The van der Waals surface area contributed by atoms with E-state index < -0.39 is 0 Å². The molecule has 0 bridgehead atoms. The lowest BCUT2D eigenvalue weighted by atomic mass is 9.87. The summed E-state index contributed by atoms with van der Waals surface area (Å²) in [5.41, 5.74) is 0. The third kappa shape index (κ3) is 7.56. The Bertz CT molecular complexity index is 276. The molecule has 3 rings (SSSR count). The van der Waals surface area contributed by atoms with Crippen LogP contribution >= 0.6 is 0 Å². The molecule has 1 saturated carbocycles. The fourth-order valence-electron chi connectivity index (χ4n) is 5.11. The molecule has 3 aliphatic rings. The molecular formula is C22H43N3. The molecular weight excluding hydrogens is 306 g/mol. The van der Waals surface area contributed by atoms with Crippen LogP contribution in [-0.4, -0.2) is 73.6 Å².